The van der Waals surface area contributed by atoms with Gasteiger partial charge in [0.15, 0.2) is 5.82 Å². The highest BCUT2D eigenvalue weighted by Crippen LogP contribution is 2.09. The van der Waals surface area contributed by atoms with Crippen molar-refractivity contribution in [2.24, 2.45) is 0 Å². The number of aryl methyl sites for hydroxylation is 2. The molecule has 0 radical (unpaired) electrons. The lowest BCUT2D eigenvalue weighted by molar-refractivity contribution is 0.299. The minimum atomic E-state index is 0.478. The normalized spacial score (nSPS) is 10.5. The molecule has 0 saturated heterocycles. The van der Waals surface area contributed by atoms with Gasteiger partial charge in [-0.25, -0.2) is 4.68 Å². The number of anilines is 1. The van der Waals surface area contributed by atoms with Crippen LogP contribution in [0.3, 0.4) is 0 Å². The molecular weight excluding hydrogens is 228 g/mol. The van der Waals surface area contributed by atoms with E-state index in [-0.39, 0.29) is 0 Å². The fourth-order valence-electron chi connectivity index (χ4n) is 1.64. The van der Waals surface area contributed by atoms with Crippen molar-refractivity contribution in [3.05, 3.63) is 36.2 Å². The summed E-state index contributed by atoms with van der Waals surface area (Å²) >= 11 is 0. The van der Waals surface area contributed by atoms with Crippen LogP contribution in [0.15, 0.2) is 30.3 Å². The summed E-state index contributed by atoms with van der Waals surface area (Å²) in [5.41, 5.74) is 5.76. The minimum Gasteiger partial charge on any atom is -0.494 e. The monoisotopic (exact) mass is 246 g/mol. The van der Waals surface area contributed by atoms with Crippen molar-refractivity contribution < 1.29 is 4.74 Å². The van der Waals surface area contributed by atoms with E-state index in [1.165, 1.54) is 0 Å². The highest BCUT2D eigenvalue weighted by Gasteiger charge is 2.04. The van der Waals surface area contributed by atoms with Gasteiger partial charge in [-0.15, -0.1) is 0 Å². The second-order valence-electron chi connectivity index (χ2n) is 3.98. The van der Waals surface area contributed by atoms with Crippen LogP contribution in [-0.2, 0) is 13.0 Å². The quantitative estimate of drug-likeness (QED) is 0.790. The molecule has 2 rings (SSSR count). The third kappa shape index (κ3) is 3.23. The van der Waals surface area contributed by atoms with E-state index in [2.05, 4.69) is 10.1 Å². The average molecular weight is 246 g/mol. The van der Waals surface area contributed by atoms with Gasteiger partial charge in [0, 0.05) is 19.4 Å². The Morgan fingerprint density at radius 1 is 1.28 bits per heavy atom. The molecule has 0 atom stereocenters. The number of ether oxygens (including phenoxy) is 1. The summed E-state index contributed by atoms with van der Waals surface area (Å²) in [6.45, 7) is 3.38. The van der Waals surface area contributed by atoms with Gasteiger partial charge >= 0.3 is 0 Å². The second kappa shape index (κ2) is 6.05. The van der Waals surface area contributed by atoms with Crippen molar-refractivity contribution in [1.29, 1.82) is 0 Å². The number of para-hydroxylation sites is 1. The molecule has 1 heterocycles. The summed E-state index contributed by atoms with van der Waals surface area (Å²) in [4.78, 5) is 4.15. The van der Waals surface area contributed by atoms with Crippen molar-refractivity contribution in [3.63, 3.8) is 0 Å². The van der Waals surface area contributed by atoms with Crippen LogP contribution in [0.5, 0.6) is 5.75 Å². The molecule has 0 fully saturated rings. The Morgan fingerprint density at radius 3 is 2.72 bits per heavy atom. The molecule has 18 heavy (non-hydrogen) atoms. The molecule has 0 bridgehead atoms. The van der Waals surface area contributed by atoms with Crippen LogP contribution in [0.1, 0.15) is 19.2 Å². The van der Waals surface area contributed by atoms with Crippen molar-refractivity contribution in [2.75, 3.05) is 12.3 Å². The zero-order valence-corrected chi connectivity index (χ0v) is 10.5. The summed E-state index contributed by atoms with van der Waals surface area (Å²) in [5, 5.41) is 4.30. The van der Waals surface area contributed by atoms with Gasteiger partial charge in [0.05, 0.1) is 6.61 Å². The highest BCUT2D eigenvalue weighted by molar-refractivity contribution is 5.20. The molecule has 0 saturated carbocycles. The second-order valence-corrected chi connectivity index (χ2v) is 3.98. The molecule has 0 spiro atoms. The number of hydrogen-bond donors (Lipinski definition) is 1. The third-order valence-corrected chi connectivity index (χ3v) is 2.59. The Morgan fingerprint density at radius 2 is 2.06 bits per heavy atom. The van der Waals surface area contributed by atoms with Gasteiger partial charge < -0.3 is 10.5 Å². The lowest BCUT2D eigenvalue weighted by Gasteiger charge is -2.06. The summed E-state index contributed by atoms with van der Waals surface area (Å²) in [6.07, 6.45) is 1.66. The molecule has 0 aliphatic carbocycles. The number of aromatic nitrogens is 3. The Labute approximate surface area is 107 Å². The van der Waals surface area contributed by atoms with Crippen LogP contribution in [0.25, 0.3) is 0 Å². The molecule has 0 amide bonds. The Balaban J connectivity index is 1.76. The topological polar surface area (TPSA) is 66.0 Å². The molecule has 1 aromatic heterocycles. The van der Waals surface area contributed by atoms with E-state index in [4.69, 9.17) is 10.5 Å². The summed E-state index contributed by atoms with van der Waals surface area (Å²) in [6, 6.07) is 9.77. The van der Waals surface area contributed by atoms with Crippen LogP contribution in [0.2, 0.25) is 0 Å². The first kappa shape index (κ1) is 12.4. The zero-order chi connectivity index (χ0) is 12.8. The van der Waals surface area contributed by atoms with Crippen molar-refractivity contribution >= 4 is 5.95 Å². The van der Waals surface area contributed by atoms with Gasteiger partial charge in [0.1, 0.15) is 5.75 Å². The van der Waals surface area contributed by atoms with E-state index in [1.54, 1.807) is 4.68 Å². The first-order chi connectivity index (χ1) is 8.79. The predicted molar refractivity (Wildman–Crippen MR) is 70.4 cm³/mol. The summed E-state index contributed by atoms with van der Waals surface area (Å²) in [5.74, 6) is 2.15. The van der Waals surface area contributed by atoms with Crippen molar-refractivity contribution in [3.8, 4) is 5.75 Å². The molecule has 1 aromatic carbocycles. The van der Waals surface area contributed by atoms with Gasteiger partial charge in [-0.1, -0.05) is 25.1 Å². The summed E-state index contributed by atoms with van der Waals surface area (Å²) < 4.78 is 7.33. The molecule has 0 aliphatic rings. The third-order valence-electron chi connectivity index (χ3n) is 2.59. The fourth-order valence-corrected chi connectivity index (χ4v) is 1.64. The maximum absolute atomic E-state index is 5.76. The standard InChI is InChI=1S/C13H18N4O/c1-2-12-15-13(14)17(16-12)9-6-10-18-11-7-4-3-5-8-11/h3-5,7-8H,2,6,9-10H2,1H3,(H2,14,15,16). The van der Waals surface area contributed by atoms with Gasteiger partial charge in [0.2, 0.25) is 5.95 Å². The van der Waals surface area contributed by atoms with Crippen LogP contribution in [0.4, 0.5) is 5.95 Å². The van der Waals surface area contributed by atoms with Gasteiger partial charge in [-0.3, -0.25) is 0 Å². The van der Waals surface area contributed by atoms with Gasteiger partial charge in [-0.05, 0) is 12.1 Å². The lowest BCUT2D eigenvalue weighted by Crippen LogP contribution is -2.08. The Kier molecular flexibility index (Phi) is 4.17. The number of nitrogens with zero attached hydrogens (tertiary/aromatic N) is 3. The van der Waals surface area contributed by atoms with Crippen LogP contribution in [0, 0.1) is 0 Å². The first-order valence-electron chi connectivity index (χ1n) is 6.16. The molecular formula is C13H18N4O. The maximum atomic E-state index is 5.76. The SMILES string of the molecule is CCc1nc(N)n(CCCOc2ccccc2)n1. The number of rotatable bonds is 6. The molecule has 2 aromatic rings. The predicted octanol–water partition coefficient (Wildman–Crippen LogP) is 1.89. The Hall–Kier alpha value is -2.04. The fraction of sp³-hybridized carbons (Fsp3) is 0.385. The highest BCUT2D eigenvalue weighted by atomic mass is 16.5. The first-order valence-corrected chi connectivity index (χ1v) is 6.16. The van der Waals surface area contributed by atoms with E-state index in [1.807, 2.05) is 37.3 Å². The maximum Gasteiger partial charge on any atom is 0.218 e. The molecule has 96 valence electrons. The number of hydrogen-bond acceptors (Lipinski definition) is 4. The van der Waals surface area contributed by atoms with Gasteiger partial charge in [0.25, 0.3) is 0 Å². The average Bonchev–Trinajstić information content (AvgIpc) is 2.77. The van der Waals surface area contributed by atoms with Gasteiger partial charge in [-0.2, -0.15) is 10.1 Å². The number of nitrogens with two attached hydrogens (primary N) is 1. The van der Waals surface area contributed by atoms with E-state index in [9.17, 15) is 0 Å². The number of nitrogen functional groups attached to an aromatic ring is 1. The molecule has 5 heteroatoms. The van der Waals surface area contributed by atoms with E-state index < -0.39 is 0 Å². The van der Waals surface area contributed by atoms with Crippen LogP contribution in [-0.4, -0.2) is 21.4 Å². The van der Waals surface area contributed by atoms with E-state index >= 15 is 0 Å². The van der Waals surface area contributed by atoms with Crippen molar-refractivity contribution in [1.82, 2.24) is 14.8 Å². The lowest BCUT2D eigenvalue weighted by atomic mass is 10.3. The van der Waals surface area contributed by atoms with Crippen LogP contribution >= 0.6 is 0 Å². The van der Waals surface area contributed by atoms with E-state index in [0.29, 0.717) is 12.6 Å². The molecule has 5 nitrogen and oxygen atoms in total. The Bertz CT molecular complexity index is 481. The zero-order valence-electron chi connectivity index (χ0n) is 10.5. The number of benzene rings is 1. The van der Waals surface area contributed by atoms with Crippen molar-refractivity contribution in [2.45, 2.75) is 26.3 Å². The van der Waals surface area contributed by atoms with Crippen LogP contribution < -0.4 is 10.5 Å². The molecule has 0 unspecified atom stereocenters. The largest absolute Gasteiger partial charge is 0.494 e. The summed E-state index contributed by atoms with van der Waals surface area (Å²) in [7, 11) is 0. The minimum absolute atomic E-state index is 0.478. The smallest absolute Gasteiger partial charge is 0.218 e. The van der Waals surface area contributed by atoms with E-state index in [0.717, 1.165) is 31.0 Å². The molecule has 0 aliphatic heterocycles. The molecule has 2 N–H and O–H groups in total.